The van der Waals surface area contributed by atoms with Crippen LogP contribution in [-0.4, -0.2) is 4.57 Å². The third-order valence-electron chi connectivity index (χ3n) is 19.3. The minimum absolute atomic E-state index is 0.110. The maximum absolute atomic E-state index is 2.57. The van der Waals surface area contributed by atoms with Gasteiger partial charge in [0.05, 0.1) is 11.0 Å². The molecule has 7 aliphatic rings. The van der Waals surface area contributed by atoms with Crippen molar-refractivity contribution in [2.75, 3.05) is 4.90 Å². The Balaban J connectivity index is 0.864. The normalized spacial score (nSPS) is 22.6. The van der Waals surface area contributed by atoms with Crippen LogP contribution in [0.15, 0.2) is 206 Å². The summed E-state index contributed by atoms with van der Waals surface area (Å²) in [4.78, 5) is 2.51. The molecule has 5 fully saturated rings. The van der Waals surface area contributed by atoms with Crippen molar-refractivity contribution in [2.45, 2.75) is 75.0 Å². The third kappa shape index (κ3) is 5.78. The van der Waals surface area contributed by atoms with Gasteiger partial charge in [-0.1, -0.05) is 159 Å². The molecule has 17 rings (SSSR count). The van der Waals surface area contributed by atoms with Crippen LogP contribution in [0.1, 0.15) is 86.5 Å². The van der Waals surface area contributed by atoms with Crippen molar-refractivity contribution < 1.29 is 0 Å². The minimum atomic E-state index is 0.110. The predicted molar refractivity (Wildman–Crippen MR) is 299 cm³/mol. The molecular weight excluding hydrogens is 869 g/mol. The average Bonchev–Trinajstić information content (AvgIpc) is 4.02. The van der Waals surface area contributed by atoms with Crippen LogP contribution in [-0.2, 0) is 10.8 Å². The Labute approximate surface area is 423 Å². The molecule has 2 heteroatoms. The number of hydrogen-bond donors (Lipinski definition) is 0. The Kier molecular flexibility index (Phi) is 8.90. The van der Waals surface area contributed by atoms with Gasteiger partial charge in [-0.25, -0.2) is 0 Å². The fourth-order valence-electron chi connectivity index (χ4n) is 16.7. The first-order valence-corrected chi connectivity index (χ1v) is 27.2. The van der Waals surface area contributed by atoms with E-state index in [1.807, 2.05) is 0 Å². The highest BCUT2D eigenvalue weighted by atomic mass is 15.1. The first kappa shape index (κ1) is 41.2. The quantitative estimate of drug-likeness (QED) is 0.161. The lowest BCUT2D eigenvalue weighted by Crippen LogP contribution is -2.55. The molecule has 2 spiro atoms. The lowest BCUT2D eigenvalue weighted by molar-refractivity contribution is -0.0399. The maximum Gasteiger partial charge on any atom is 0.0547 e. The maximum atomic E-state index is 2.57. The van der Waals surface area contributed by atoms with E-state index in [9.17, 15) is 0 Å². The van der Waals surface area contributed by atoms with Crippen molar-refractivity contribution in [1.29, 1.82) is 0 Å². The van der Waals surface area contributed by atoms with E-state index in [2.05, 4.69) is 216 Å². The number of hydrogen-bond acceptors (Lipinski definition) is 1. The molecule has 4 bridgehead atoms. The predicted octanol–water partition coefficient (Wildman–Crippen LogP) is 18.5. The number of benzene rings is 9. The number of aromatic nitrogens is 1. The van der Waals surface area contributed by atoms with Gasteiger partial charge in [0, 0.05) is 44.4 Å². The van der Waals surface area contributed by atoms with Crippen molar-refractivity contribution >= 4 is 38.9 Å². The highest BCUT2D eigenvalue weighted by Crippen LogP contribution is 2.69. The fraction of sp³-hybridized carbons (Fsp3) is 0.229. The summed E-state index contributed by atoms with van der Waals surface area (Å²) >= 11 is 0. The van der Waals surface area contributed by atoms with Crippen LogP contribution < -0.4 is 4.90 Å². The molecule has 0 atom stereocenters. The summed E-state index contributed by atoms with van der Waals surface area (Å²) in [7, 11) is 0. The van der Waals surface area contributed by atoms with E-state index < -0.39 is 0 Å². The van der Waals surface area contributed by atoms with E-state index in [1.165, 1.54) is 153 Å². The molecule has 7 aliphatic carbocycles. The second-order valence-electron chi connectivity index (χ2n) is 22.8. The summed E-state index contributed by atoms with van der Waals surface area (Å²) in [6.45, 7) is 0. The summed E-state index contributed by atoms with van der Waals surface area (Å²) < 4.78 is 2.50. The van der Waals surface area contributed by atoms with Gasteiger partial charge in [-0.3, -0.25) is 0 Å². The molecule has 9 aromatic carbocycles. The standard InChI is InChI=1S/C70H58N2/c1-4-15-47(16-5-1)48-17-14-20-54(40-48)71(55-27-31-64-61(43-55)57-21-8-10-23-63(57)69(64)33-12-3-13-34-69)56-28-32-67-62(44-56)59-29-25-50(42-68(59)72(67)53-18-6-2-7-19-53)49-26-30-66-60(41-49)58-22-9-11-24-65(58)70(66)51-36-45-35-46(38-51)39-52(70)37-45/h1-2,4-11,14-32,40-46,51-52H,3,12-13,33-39H2. The Morgan fingerprint density at radius 3 is 1.72 bits per heavy atom. The van der Waals surface area contributed by atoms with Gasteiger partial charge in [0.15, 0.2) is 0 Å². The smallest absolute Gasteiger partial charge is 0.0547 e. The molecule has 0 saturated heterocycles. The first-order chi connectivity index (χ1) is 35.6. The van der Waals surface area contributed by atoms with Crippen LogP contribution in [0.5, 0.6) is 0 Å². The van der Waals surface area contributed by atoms with Crippen LogP contribution in [0.3, 0.4) is 0 Å². The number of para-hydroxylation sites is 1. The van der Waals surface area contributed by atoms with Gasteiger partial charge < -0.3 is 9.47 Å². The Hall–Kier alpha value is -7.42. The third-order valence-corrected chi connectivity index (χ3v) is 19.3. The van der Waals surface area contributed by atoms with E-state index in [1.54, 1.807) is 11.1 Å². The monoisotopic (exact) mass is 926 g/mol. The molecule has 0 radical (unpaired) electrons. The molecule has 10 aromatic rings. The zero-order chi connectivity index (χ0) is 47.1. The van der Waals surface area contributed by atoms with Gasteiger partial charge in [-0.15, -0.1) is 0 Å². The highest BCUT2D eigenvalue weighted by molar-refractivity contribution is 6.12. The van der Waals surface area contributed by atoms with E-state index in [4.69, 9.17) is 0 Å². The molecule has 1 aromatic heterocycles. The SMILES string of the molecule is c1ccc(-c2cccc(N(c3ccc4c(c3)-c3ccccc3C43CCCCC3)c3ccc4c(c3)c3ccc(-c5ccc6c(c5)-c5ccccc5C65C6CC7CC(C6)CC5C7)cc3n4-c3ccccc3)c2)cc1. The average molecular weight is 927 g/mol. The lowest BCUT2D eigenvalue weighted by Gasteiger charge is -2.61. The highest BCUT2D eigenvalue weighted by Gasteiger charge is 2.61. The van der Waals surface area contributed by atoms with Gasteiger partial charge >= 0.3 is 0 Å². The van der Waals surface area contributed by atoms with Crippen LogP contribution in [0, 0.1) is 23.7 Å². The van der Waals surface area contributed by atoms with Gasteiger partial charge in [-0.05, 0) is 202 Å². The molecule has 72 heavy (non-hydrogen) atoms. The topological polar surface area (TPSA) is 8.17 Å². The molecule has 0 N–H and O–H groups in total. The van der Waals surface area contributed by atoms with Crippen molar-refractivity contribution in [2.24, 2.45) is 23.7 Å². The molecule has 0 amide bonds. The van der Waals surface area contributed by atoms with Crippen molar-refractivity contribution in [3.05, 3.63) is 229 Å². The van der Waals surface area contributed by atoms with Gasteiger partial charge in [-0.2, -0.15) is 0 Å². The molecule has 5 saturated carbocycles. The molecule has 2 nitrogen and oxygen atoms in total. The number of rotatable bonds is 6. The molecule has 0 aliphatic heterocycles. The van der Waals surface area contributed by atoms with Gasteiger partial charge in [0.1, 0.15) is 0 Å². The number of fused-ring (bicyclic) bond motifs is 11. The van der Waals surface area contributed by atoms with Crippen molar-refractivity contribution in [3.63, 3.8) is 0 Å². The zero-order valence-electron chi connectivity index (χ0n) is 40.9. The summed E-state index contributed by atoms with van der Waals surface area (Å²) in [5.41, 5.74) is 24.4. The van der Waals surface area contributed by atoms with E-state index in [0.29, 0.717) is 0 Å². The van der Waals surface area contributed by atoms with Gasteiger partial charge in [0.25, 0.3) is 0 Å². The number of anilines is 3. The second kappa shape index (κ2) is 15.5. The Morgan fingerprint density at radius 1 is 0.361 bits per heavy atom. The summed E-state index contributed by atoms with van der Waals surface area (Å²) in [5.74, 6) is 3.41. The van der Waals surface area contributed by atoms with E-state index in [-0.39, 0.29) is 10.8 Å². The molecule has 0 unspecified atom stereocenters. The van der Waals surface area contributed by atoms with Crippen LogP contribution in [0.25, 0.3) is 72.0 Å². The van der Waals surface area contributed by atoms with Gasteiger partial charge in [0.2, 0.25) is 0 Å². The first-order valence-electron chi connectivity index (χ1n) is 27.2. The van der Waals surface area contributed by atoms with Crippen LogP contribution in [0.4, 0.5) is 17.1 Å². The van der Waals surface area contributed by atoms with Crippen molar-refractivity contribution in [3.8, 4) is 50.2 Å². The van der Waals surface area contributed by atoms with E-state index >= 15 is 0 Å². The second-order valence-corrected chi connectivity index (χ2v) is 22.8. The van der Waals surface area contributed by atoms with Crippen LogP contribution >= 0.6 is 0 Å². The van der Waals surface area contributed by atoms with E-state index in [0.717, 1.165) is 35.0 Å². The summed E-state index contributed by atoms with van der Waals surface area (Å²) in [6.07, 6.45) is 13.5. The number of nitrogens with zero attached hydrogens (tertiary/aromatic N) is 2. The zero-order valence-corrected chi connectivity index (χ0v) is 40.9. The van der Waals surface area contributed by atoms with Crippen LogP contribution in [0.2, 0.25) is 0 Å². The molecule has 348 valence electrons. The van der Waals surface area contributed by atoms with Crippen molar-refractivity contribution in [1.82, 2.24) is 4.57 Å². The fourth-order valence-corrected chi connectivity index (χ4v) is 16.7. The lowest BCUT2D eigenvalue weighted by atomic mass is 9.43. The Morgan fingerprint density at radius 2 is 0.931 bits per heavy atom. The Bertz CT molecular complexity index is 3780. The largest absolute Gasteiger partial charge is 0.310 e. The molecule has 1 heterocycles. The summed E-state index contributed by atoms with van der Waals surface area (Å²) in [5, 5.41) is 2.51. The summed E-state index contributed by atoms with van der Waals surface area (Å²) in [6, 6.07) is 79.3. The molecular formula is C70H58N2. The minimum Gasteiger partial charge on any atom is -0.310 e.